The Kier molecular flexibility index (Phi) is 3.16. The zero-order chi connectivity index (χ0) is 11.4. The summed E-state index contributed by atoms with van der Waals surface area (Å²) < 4.78 is 0. The number of rotatable bonds is 2. The number of allylic oxidation sites excluding steroid dienone is 6. The van der Waals surface area contributed by atoms with Gasteiger partial charge in [-0.25, -0.2) is 0 Å². The van der Waals surface area contributed by atoms with Crippen molar-refractivity contribution in [2.45, 2.75) is 13.3 Å². The van der Waals surface area contributed by atoms with Gasteiger partial charge in [0.15, 0.2) is 5.78 Å². The second kappa shape index (κ2) is 4.75. The van der Waals surface area contributed by atoms with Gasteiger partial charge in [0.05, 0.1) is 0 Å². The summed E-state index contributed by atoms with van der Waals surface area (Å²) in [4.78, 5) is 11.9. The summed E-state index contributed by atoms with van der Waals surface area (Å²) in [6, 6.07) is 9.37. The van der Waals surface area contributed by atoms with E-state index in [2.05, 4.69) is 6.08 Å². The van der Waals surface area contributed by atoms with Crippen LogP contribution >= 0.6 is 0 Å². The van der Waals surface area contributed by atoms with Crippen LogP contribution in [0, 0.1) is 0 Å². The van der Waals surface area contributed by atoms with Gasteiger partial charge >= 0.3 is 0 Å². The van der Waals surface area contributed by atoms with E-state index in [0.717, 1.165) is 17.6 Å². The van der Waals surface area contributed by atoms with Gasteiger partial charge in [-0.3, -0.25) is 4.79 Å². The first-order valence-corrected chi connectivity index (χ1v) is 5.41. The molecular weight excluding hydrogens is 196 g/mol. The van der Waals surface area contributed by atoms with Crippen molar-refractivity contribution in [3.05, 3.63) is 71.3 Å². The van der Waals surface area contributed by atoms with Crippen LogP contribution in [0.25, 0.3) is 0 Å². The molecule has 0 fully saturated rings. The summed E-state index contributed by atoms with van der Waals surface area (Å²) in [5.74, 6) is 0.0821. The first kappa shape index (κ1) is 10.6. The molecule has 1 aliphatic carbocycles. The maximum Gasteiger partial charge on any atom is 0.186 e. The molecule has 0 spiro atoms. The standard InChI is InChI=1S/C15H14O/c1-12-7-5-6-10-14(12)11-15(16)13-8-3-2-4-9-13/h2-9,11H,10H2,1H3. The lowest BCUT2D eigenvalue weighted by molar-refractivity contribution is 0.104. The summed E-state index contributed by atoms with van der Waals surface area (Å²) in [5, 5.41) is 0. The monoisotopic (exact) mass is 210 g/mol. The second-order valence-corrected chi connectivity index (χ2v) is 3.88. The summed E-state index contributed by atoms with van der Waals surface area (Å²) in [6.45, 7) is 2.04. The molecule has 2 rings (SSSR count). The minimum atomic E-state index is 0.0821. The molecule has 0 aromatic heterocycles. The van der Waals surface area contributed by atoms with E-state index in [-0.39, 0.29) is 5.78 Å². The number of carbonyl (C=O) groups excluding carboxylic acids is 1. The molecule has 0 amide bonds. The summed E-state index contributed by atoms with van der Waals surface area (Å²) >= 11 is 0. The summed E-state index contributed by atoms with van der Waals surface area (Å²) in [6.07, 6.45) is 8.72. The van der Waals surface area contributed by atoms with Crippen molar-refractivity contribution in [2.24, 2.45) is 0 Å². The van der Waals surface area contributed by atoms with Gasteiger partial charge in [-0.05, 0) is 30.6 Å². The van der Waals surface area contributed by atoms with Crippen LogP contribution in [0.15, 0.2) is 65.8 Å². The van der Waals surface area contributed by atoms with Crippen LogP contribution in [0.2, 0.25) is 0 Å². The fourth-order valence-corrected chi connectivity index (χ4v) is 1.69. The molecule has 0 bridgehead atoms. The van der Waals surface area contributed by atoms with Crippen molar-refractivity contribution < 1.29 is 4.79 Å². The number of benzene rings is 1. The van der Waals surface area contributed by atoms with Gasteiger partial charge in [-0.2, -0.15) is 0 Å². The van der Waals surface area contributed by atoms with Gasteiger partial charge in [-0.1, -0.05) is 48.6 Å². The molecule has 0 atom stereocenters. The third-order valence-electron chi connectivity index (χ3n) is 2.69. The predicted molar refractivity (Wildman–Crippen MR) is 66.4 cm³/mol. The number of hydrogen-bond donors (Lipinski definition) is 0. The van der Waals surface area contributed by atoms with E-state index in [1.807, 2.05) is 49.4 Å². The fourth-order valence-electron chi connectivity index (χ4n) is 1.69. The SMILES string of the molecule is CC1=CC=CCC1=CC(=O)c1ccccc1. The molecule has 1 nitrogen and oxygen atoms in total. The van der Waals surface area contributed by atoms with E-state index in [0.29, 0.717) is 0 Å². The minimum Gasteiger partial charge on any atom is -0.289 e. The Balaban J connectivity index is 2.22. The van der Waals surface area contributed by atoms with Crippen LogP contribution in [-0.2, 0) is 0 Å². The van der Waals surface area contributed by atoms with Gasteiger partial charge in [0.2, 0.25) is 0 Å². The van der Waals surface area contributed by atoms with Crippen molar-refractivity contribution in [1.29, 1.82) is 0 Å². The van der Waals surface area contributed by atoms with Crippen LogP contribution in [0.5, 0.6) is 0 Å². The maximum atomic E-state index is 11.9. The van der Waals surface area contributed by atoms with Gasteiger partial charge < -0.3 is 0 Å². The zero-order valence-electron chi connectivity index (χ0n) is 9.31. The van der Waals surface area contributed by atoms with Crippen LogP contribution in [0.4, 0.5) is 0 Å². The third-order valence-corrected chi connectivity index (χ3v) is 2.69. The van der Waals surface area contributed by atoms with E-state index in [1.165, 1.54) is 5.57 Å². The Bertz CT molecular complexity index is 475. The quantitative estimate of drug-likeness (QED) is 0.537. The van der Waals surface area contributed by atoms with E-state index < -0.39 is 0 Å². The van der Waals surface area contributed by atoms with Gasteiger partial charge in [0, 0.05) is 5.56 Å². The third kappa shape index (κ3) is 2.37. The summed E-state index contributed by atoms with van der Waals surface area (Å²) in [5.41, 5.74) is 3.03. The molecule has 1 aromatic carbocycles. The minimum absolute atomic E-state index is 0.0821. The van der Waals surface area contributed by atoms with E-state index >= 15 is 0 Å². The Morgan fingerprint density at radius 2 is 2.00 bits per heavy atom. The highest BCUT2D eigenvalue weighted by molar-refractivity contribution is 6.05. The molecule has 0 N–H and O–H groups in total. The van der Waals surface area contributed by atoms with Crippen molar-refractivity contribution in [2.75, 3.05) is 0 Å². The summed E-state index contributed by atoms with van der Waals surface area (Å²) in [7, 11) is 0. The highest BCUT2D eigenvalue weighted by Crippen LogP contribution is 2.19. The molecule has 0 saturated heterocycles. The molecule has 0 saturated carbocycles. The molecule has 0 unspecified atom stereocenters. The smallest absolute Gasteiger partial charge is 0.186 e. The highest BCUT2D eigenvalue weighted by atomic mass is 16.1. The fraction of sp³-hybridized carbons (Fsp3) is 0.133. The van der Waals surface area contributed by atoms with Crippen LogP contribution < -0.4 is 0 Å². The average Bonchev–Trinajstić information content (AvgIpc) is 2.33. The molecule has 1 aromatic rings. The van der Waals surface area contributed by atoms with Crippen molar-refractivity contribution in [3.63, 3.8) is 0 Å². The van der Waals surface area contributed by atoms with Crippen LogP contribution in [-0.4, -0.2) is 5.78 Å². The maximum absolute atomic E-state index is 11.9. The van der Waals surface area contributed by atoms with Crippen LogP contribution in [0.1, 0.15) is 23.7 Å². The topological polar surface area (TPSA) is 17.1 Å². The van der Waals surface area contributed by atoms with Crippen molar-refractivity contribution in [1.82, 2.24) is 0 Å². The number of hydrogen-bond acceptors (Lipinski definition) is 1. The molecule has 1 heteroatoms. The normalized spacial score (nSPS) is 17.3. The molecule has 0 heterocycles. The van der Waals surface area contributed by atoms with Gasteiger partial charge in [0.25, 0.3) is 0 Å². The number of ketones is 1. The van der Waals surface area contributed by atoms with E-state index in [4.69, 9.17) is 0 Å². The molecular formula is C15H14O. The Hall–Kier alpha value is -1.89. The average molecular weight is 210 g/mol. The lowest BCUT2D eigenvalue weighted by Gasteiger charge is -2.08. The van der Waals surface area contributed by atoms with E-state index in [9.17, 15) is 4.79 Å². The zero-order valence-corrected chi connectivity index (χ0v) is 9.31. The molecule has 80 valence electrons. The van der Waals surface area contributed by atoms with Crippen molar-refractivity contribution in [3.8, 4) is 0 Å². The first-order valence-electron chi connectivity index (χ1n) is 5.41. The lowest BCUT2D eigenvalue weighted by atomic mass is 9.97. The van der Waals surface area contributed by atoms with Gasteiger partial charge in [0.1, 0.15) is 0 Å². The predicted octanol–water partition coefficient (Wildman–Crippen LogP) is 3.70. The molecule has 0 radical (unpaired) electrons. The molecule has 0 aliphatic heterocycles. The Labute approximate surface area is 95.8 Å². The number of carbonyl (C=O) groups is 1. The Morgan fingerprint density at radius 3 is 2.69 bits per heavy atom. The lowest BCUT2D eigenvalue weighted by Crippen LogP contribution is -1.98. The van der Waals surface area contributed by atoms with Gasteiger partial charge in [-0.15, -0.1) is 0 Å². The highest BCUT2D eigenvalue weighted by Gasteiger charge is 2.06. The second-order valence-electron chi connectivity index (χ2n) is 3.88. The first-order chi connectivity index (χ1) is 7.77. The largest absolute Gasteiger partial charge is 0.289 e. The molecule has 16 heavy (non-hydrogen) atoms. The van der Waals surface area contributed by atoms with Crippen LogP contribution in [0.3, 0.4) is 0 Å². The van der Waals surface area contributed by atoms with E-state index in [1.54, 1.807) is 6.08 Å². The van der Waals surface area contributed by atoms with Crippen molar-refractivity contribution >= 4 is 5.78 Å². The molecule has 1 aliphatic rings. The Morgan fingerprint density at radius 1 is 1.25 bits per heavy atom.